The van der Waals surface area contributed by atoms with Crippen LogP contribution in [0.5, 0.6) is 0 Å². The molecule has 2 aromatic rings. The molecule has 0 saturated heterocycles. The standard InChI is InChI=1S/C12H12ClN3O2S/c1-7(19-12-15-14-11(18)16(12)2)10(17)8-4-3-5-9(13)6-8/h3-7H,1-2H3,(H,14,18)/t7-/m1/s1. The van der Waals surface area contributed by atoms with Gasteiger partial charge >= 0.3 is 5.69 Å². The summed E-state index contributed by atoms with van der Waals surface area (Å²) in [5.74, 6) is -0.0528. The molecule has 0 saturated carbocycles. The van der Waals surface area contributed by atoms with E-state index >= 15 is 0 Å². The first-order valence-corrected chi connectivity index (χ1v) is 6.82. The largest absolute Gasteiger partial charge is 0.343 e. The van der Waals surface area contributed by atoms with Crippen molar-refractivity contribution in [3.05, 3.63) is 45.3 Å². The summed E-state index contributed by atoms with van der Waals surface area (Å²) in [4.78, 5) is 23.4. The lowest BCUT2D eigenvalue weighted by Gasteiger charge is -2.09. The average molecular weight is 298 g/mol. The first-order valence-electron chi connectivity index (χ1n) is 5.57. The van der Waals surface area contributed by atoms with Crippen molar-refractivity contribution in [2.24, 2.45) is 7.05 Å². The Hall–Kier alpha value is -1.53. The van der Waals surface area contributed by atoms with Gasteiger partial charge < -0.3 is 0 Å². The molecule has 0 amide bonds. The number of ketones is 1. The Balaban J connectivity index is 2.16. The molecule has 0 fully saturated rings. The minimum atomic E-state index is -0.354. The summed E-state index contributed by atoms with van der Waals surface area (Å²) in [7, 11) is 1.60. The molecule has 1 heterocycles. The monoisotopic (exact) mass is 297 g/mol. The van der Waals surface area contributed by atoms with Gasteiger partial charge in [-0.25, -0.2) is 9.89 Å². The lowest BCUT2D eigenvalue weighted by Crippen LogP contribution is -2.16. The zero-order valence-corrected chi connectivity index (χ0v) is 12.0. The van der Waals surface area contributed by atoms with Gasteiger partial charge in [0.1, 0.15) is 0 Å². The number of hydrogen-bond acceptors (Lipinski definition) is 4. The van der Waals surface area contributed by atoms with E-state index in [9.17, 15) is 9.59 Å². The molecule has 5 nitrogen and oxygen atoms in total. The molecule has 2 rings (SSSR count). The van der Waals surface area contributed by atoms with E-state index in [1.54, 1.807) is 38.2 Å². The Morgan fingerprint density at radius 1 is 1.53 bits per heavy atom. The van der Waals surface area contributed by atoms with Crippen LogP contribution in [0.15, 0.2) is 34.2 Å². The lowest BCUT2D eigenvalue weighted by atomic mass is 10.1. The second-order valence-electron chi connectivity index (χ2n) is 4.01. The van der Waals surface area contributed by atoms with E-state index in [1.807, 2.05) is 0 Å². The van der Waals surface area contributed by atoms with Gasteiger partial charge in [-0.05, 0) is 19.1 Å². The molecule has 0 spiro atoms. The summed E-state index contributed by atoms with van der Waals surface area (Å²) < 4.78 is 1.37. The number of Topliss-reactive ketones (excluding diaryl/α,β-unsaturated/α-hetero) is 1. The third-order valence-corrected chi connectivity index (χ3v) is 3.98. The number of thioether (sulfide) groups is 1. The molecular formula is C12H12ClN3O2S. The highest BCUT2D eigenvalue weighted by Crippen LogP contribution is 2.23. The van der Waals surface area contributed by atoms with E-state index in [2.05, 4.69) is 10.2 Å². The summed E-state index contributed by atoms with van der Waals surface area (Å²) in [6, 6.07) is 6.80. The van der Waals surface area contributed by atoms with Gasteiger partial charge in [-0.3, -0.25) is 9.36 Å². The Morgan fingerprint density at radius 3 is 2.84 bits per heavy atom. The minimum Gasteiger partial charge on any atom is -0.293 e. The first kappa shape index (κ1) is 13.9. The molecule has 1 N–H and O–H groups in total. The van der Waals surface area contributed by atoms with Crippen LogP contribution < -0.4 is 5.69 Å². The smallest absolute Gasteiger partial charge is 0.293 e. The highest BCUT2D eigenvalue weighted by molar-refractivity contribution is 8.00. The maximum absolute atomic E-state index is 12.2. The van der Waals surface area contributed by atoms with Crippen molar-refractivity contribution in [2.45, 2.75) is 17.3 Å². The quantitative estimate of drug-likeness (QED) is 0.693. The number of aromatic nitrogens is 3. The fourth-order valence-corrected chi connectivity index (χ4v) is 2.62. The Morgan fingerprint density at radius 2 is 2.26 bits per heavy atom. The molecule has 100 valence electrons. The van der Waals surface area contributed by atoms with Gasteiger partial charge in [-0.15, -0.1) is 5.10 Å². The normalized spacial score (nSPS) is 12.4. The summed E-state index contributed by atoms with van der Waals surface area (Å²) >= 11 is 7.09. The average Bonchev–Trinajstić information content (AvgIpc) is 2.70. The third kappa shape index (κ3) is 3.08. The van der Waals surface area contributed by atoms with Crippen molar-refractivity contribution < 1.29 is 4.79 Å². The predicted octanol–water partition coefficient (Wildman–Crippen LogP) is 2.13. The van der Waals surface area contributed by atoms with E-state index < -0.39 is 0 Å². The SMILES string of the molecule is C[C@@H](Sc1n[nH]c(=O)n1C)C(=O)c1cccc(Cl)c1. The first-order chi connectivity index (χ1) is 8.99. The van der Waals surface area contributed by atoms with Gasteiger partial charge in [0, 0.05) is 17.6 Å². The van der Waals surface area contributed by atoms with Gasteiger partial charge in [0.15, 0.2) is 10.9 Å². The van der Waals surface area contributed by atoms with Gasteiger partial charge in [0.25, 0.3) is 0 Å². The van der Waals surface area contributed by atoms with Crippen molar-refractivity contribution in [1.82, 2.24) is 14.8 Å². The van der Waals surface area contributed by atoms with Gasteiger partial charge in [0.05, 0.1) is 5.25 Å². The van der Waals surface area contributed by atoms with Crippen LogP contribution in [0.3, 0.4) is 0 Å². The number of nitrogens with one attached hydrogen (secondary N) is 1. The van der Waals surface area contributed by atoms with Crippen LogP contribution in [0.25, 0.3) is 0 Å². The molecule has 0 unspecified atom stereocenters. The summed E-state index contributed by atoms with van der Waals surface area (Å²) in [6.45, 7) is 1.77. The van der Waals surface area contributed by atoms with E-state index in [1.165, 1.54) is 16.3 Å². The molecule has 0 radical (unpaired) electrons. The molecule has 1 aromatic carbocycles. The summed E-state index contributed by atoms with van der Waals surface area (Å²) in [6.07, 6.45) is 0. The molecule has 1 atom stereocenters. The van der Waals surface area contributed by atoms with E-state index in [-0.39, 0.29) is 16.7 Å². The third-order valence-electron chi connectivity index (χ3n) is 2.60. The second-order valence-corrected chi connectivity index (χ2v) is 5.75. The van der Waals surface area contributed by atoms with Crippen LogP contribution in [0, 0.1) is 0 Å². The highest BCUT2D eigenvalue weighted by Gasteiger charge is 2.19. The molecule has 0 aliphatic rings. The van der Waals surface area contributed by atoms with Crippen molar-refractivity contribution >= 4 is 29.1 Å². The van der Waals surface area contributed by atoms with Gasteiger partial charge in [0.2, 0.25) is 0 Å². The predicted molar refractivity (Wildman–Crippen MR) is 74.9 cm³/mol. The molecular weight excluding hydrogens is 286 g/mol. The number of carbonyl (C=O) groups is 1. The topological polar surface area (TPSA) is 67.8 Å². The zero-order valence-electron chi connectivity index (χ0n) is 10.4. The fraction of sp³-hybridized carbons (Fsp3) is 0.250. The number of carbonyl (C=O) groups excluding carboxylic acids is 1. The zero-order chi connectivity index (χ0) is 14.0. The number of hydrogen-bond donors (Lipinski definition) is 1. The number of halogens is 1. The van der Waals surface area contributed by atoms with Crippen LogP contribution in [-0.4, -0.2) is 25.8 Å². The fourth-order valence-electron chi connectivity index (χ4n) is 1.53. The van der Waals surface area contributed by atoms with E-state index in [0.29, 0.717) is 15.7 Å². The van der Waals surface area contributed by atoms with Crippen LogP contribution in [0.2, 0.25) is 5.02 Å². The van der Waals surface area contributed by atoms with Crippen LogP contribution in [0.4, 0.5) is 0 Å². The van der Waals surface area contributed by atoms with Gasteiger partial charge in [-0.2, -0.15) is 0 Å². The molecule has 0 bridgehead atoms. The van der Waals surface area contributed by atoms with Crippen LogP contribution in [-0.2, 0) is 7.05 Å². The van der Waals surface area contributed by atoms with E-state index in [0.717, 1.165) is 0 Å². The summed E-state index contributed by atoms with van der Waals surface area (Å²) in [5.41, 5.74) is 0.248. The molecule has 7 heteroatoms. The van der Waals surface area contributed by atoms with Crippen molar-refractivity contribution in [3.63, 3.8) is 0 Å². The molecule has 0 aliphatic heterocycles. The van der Waals surface area contributed by atoms with Crippen molar-refractivity contribution in [2.75, 3.05) is 0 Å². The number of nitrogens with zero attached hydrogens (tertiary/aromatic N) is 2. The molecule has 0 aliphatic carbocycles. The Labute approximate surface area is 119 Å². The number of benzene rings is 1. The maximum Gasteiger partial charge on any atom is 0.343 e. The van der Waals surface area contributed by atoms with Crippen LogP contribution >= 0.6 is 23.4 Å². The van der Waals surface area contributed by atoms with Crippen LogP contribution in [0.1, 0.15) is 17.3 Å². The highest BCUT2D eigenvalue weighted by atomic mass is 35.5. The second kappa shape index (κ2) is 5.63. The number of rotatable bonds is 4. The van der Waals surface area contributed by atoms with Gasteiger partial charge in [-0.1, -0.05) is 35.5 Å². The molecule has 19 heavy (non-hydrogen) atoms. The molecule has 1 aromatic heterocycles. The van der Waals surface area contributed by atoms with Crippen molar-refractivity contribution in [1.29, 1.82) is 0 Å². The summed E-state index contributed by atoms with van der Waals surface area (Å²) in [5, 5.41) is 6.84. The van der Waals surface area contributed by atoms with Crippen molar-refractivity contribution in [3.8, 4) is 0 Å². The maximum atomic E-state index is 12.2. The Bertz CT molecular complexity index is 665. The minimum absolute atomic E-state index is 0.0528. The Kier molecular flexibility index (Phi) is 4.11. The number of aromatic amines is 1. The van der Waals surface area contributed by atoms with E-state index in [4.69, 9.17) is 11.6 Å². The lowest BCUT2D eigenvalue weighted by molar-refractivity contribution is 0.0994. The number of H-pyrrole nitrogens is 1.